The number of carbonyl (C=O) groups is 2. The van der Waals surface area contributed by atoms with Gasteiger partial charge in [0, 0.05) is 35.9 Å². The van der Waals surface area contributed by atoms with Gasteiger partial charge < -0.3 is 15.3 Å². The van der Waals surface area contributed by atoms with E-state index in [-0.39, 0.29) is 18.9 Å². The molecule has 1 saturated carbocycles. The minimum absolute atomic E-state index is 0.0954. The Kier molecular flexibility index (Phi) is 9.01. The van der Waals surface area contributed by atoms with E-state index in [1.54, 1.807) is 12.1 Å². The average molecular weight is 505 g/mol. The highest BCUT2D eigenvalue weighted by molar-refractivity contribution is 6.30. The smallest absolute Gasteiger partial charge is 0.305 e. The first-order valence-corrected chi connectivity index (χ1v) is 13.0. The molecule has 2 N–H and O–H groups in total. The highest BCUT2D eigenvalue weighted by Crippen LogP contribution is 2.33. The molecule has 6 heteroatoms. The molecule has 1 amide bonds. The molecule has 0 spiro atoms. The van der Waals surface area contributed by atoms with Gasteiger partial charge >= 0.3 is 5.97 Å². The number of aliphatic carboxylic acids is 1. The van der Waals surface area contributed by atoms with Crippen molar-refractivity contribution >= 4 is 29.2 Å². The van der Waals surface area contributed by atoms with E-state index >= 15 is 0 Å². The van der Waals surface area contributed by atoms with Crippen LogP contribution in [0.4, 0.5) is 5.69 Å². The fraction of sp³-hybridized carbons (Fsp3) is 0.333. The molecule has 3 aromatic carbocycles. The summed E-state index contributed by atoms with van der Waals surface area (Å²) in [6.07, 6.45) is 6.46. The van der Waals surface area contributed by atoms with Crippen LogP contribution in [0.3, 0.4) is 0 Å². The number of nitrogens with zero attached hydrogens (tertiary/aromatic N) is 1. The Balaban J connectivity index is 1.49. The molecule has 1 fully saturated rings. The SMILES string of the molecule is O=C(O)CCNC(=O)c1ccc(CN(Cc2cccc(Cl)c2)c2ccc(C3CCCCC3)cc2)cc1. The summed E-state index contributed by atoms with van der Waals surface area (Å²) < 4.78 is 0. The number of carboxylic acids is 1. The Morgan fingerprint density at radius 3 is 2.25 bits per heavy atom. The van der Waals surface area contributed by atoms with Gasteiger partial charge in [-0.1, -0.05) is 67.3 Å². The summed E-state index contributed by atoms with van der Waals surface area (Å²) >= 11 is 6.25. The van der Waals surface area contributed by atoms with E-state index in [1.807, 2.05) is 30.3 Å². The minimum atomic E-state index is -0.933. The maximum atomic E-state index is 12.3. The summed E-state index contributed by atoms with van der Waals surface area (Å²) in [6.45, 7) is 1.50. The number of benzene rings is 3. The summed E-state index contributed by atoms with van der Waals surface area (Å²) in [5.74, 6) is -0.530. The van der Waals surface area contributed by atoms with E-state index in [1.165, 1.54) is 37.7 Å². The van der Waals surface area contributed by atoms with Gasteiger partial charge in [-0.15, -0.1) is 0 Å². The van der Waals surface area contributed by atoms with Crippen LogP contribution in [0, 0.1) is 0 Å². The van der Waals surface area contributed by atoms with E-state index in [0.29, 0.717) is 24.6 Å². The van der Waals surface area contributed by atoms with Crippen LogP contribution in [-0.2, 0) is 17.9 Å². The summed E-state index contributed by atoms with van der Waals surface area (Å²) in [4.78, 5) is 25.3. The van der Waals surface area contributed by atoms with Gasteiger partial charge in [0.2, 0.25) is 0 Å². The normalized spacial score (nSPS) is 13.8. The van der Waals surface area contributed by atoms with Crippen LogP contribution in [0.15, 0.2) is 72.8 Å². The Morgan fingerprint density at radius 1 is 0.889 bits per heavy atom. The van der Waals surface area contributed by atoms with Crippen LogP contribution in [0.5, 0.6) is 0 Å². The third-order valence-corrected chi connectivity index (χ3v) is 7.05. The first kappa shape index (κ1) is 25.8. The molecule has 1 aliphatic rings. The van der Waals surface area contributed by atoms with Gasteiger partial charge in [-0.2, -0.15) is 0 Å². The zero-order valence-electron chi connectivity index (χ0n) is 20.5. The molecule has 0 aromatic heterocycles. The van der Waals surface area contributed by atoms with E-state index in [0.717, 1.165) is 21.8 Å². The van der Waals surface area contributed by atoms with Crippen molar-refractivity contribution in [1.29, 1.82) is 0 Å². The molecule has 0 aliphatic heterocycles. The number of hydrogen-bond donors (Lipinski definition) is 2. The van der Waals surface area contributed by atoms with Crippen molar-refractivity contribution in [3.8, 4) is 0 Å². The van der Waals surface area contributed by atoms with Gasteiger partial charge in [0.05, 0.1) is 6.42 Å². The van der Waals surface area contributed by atoms with Crippen LogP contribution >= 0.6 is 11.6 Å². The first-order chi connectivity index (χ1) is 17.5. The van der Waals surface area contributed by atoms with Gasteiger partial charge in [0.15, 0.2) is 0 Å². The minimum Gasteiger partial charge on any atom is -0.481 e. The highest BCUT2D eigenvalue weighted by atomic mass is 35.5. The third-order valence-electron chi connectivity index (χ3n) is 6.81. The largest absolute Gasteiger partial charge is 0.481 e. The van der Waals surface area contributed by atoms with Crippen molar-refractivity contribution in [2.75, 3.05) is 11.4 Å². The van der Waals surface area contributed by atoms with Crippen molar-refractivity contribution in [3.05, 3.63) is 100 Å². The maximum Gasteiger partial charge on any atom is 0.305 e. The lowest BCUT2D eigenvalue weighted by Gasteiger charge is -2.27. The molecule has 5 nitrogen and oxygen atoms in total. The zero-order chi connectivity index (χ0) is 25.3. The maximum absolute atomic E-state index is 12.3. The average Bonchev–Trinajstić information content (AvgIpc) is 2.89. The number of nitrogens with one attached hydrogen (secondary N) is 1. The van der Waals surface area contributed by atoms with Gasteiger partial charge in [-0.3, -0.25) is 9.59 Å². The third kappa shape index (κ3) is 7.34. The monoisotopic (exact) mass is 504 g/mol. The summed E-state index contributed by atoms with van der Waals surface area (Å²) in [7, 11) is 0. The summed E-state index contributed by atoms with van der Waals surface area (Å²) in [5, 5.41) is 12.1. The molecule has 0 atom stereocenters. The highest BCUT2D eigenvalue weighted by Gasteiger charge is 2.16. The number of carbonyl (C=O) groups excluding carboxylic acids is 1. The second-order valence-electron chi connectivity index (χ2n) is 9.51. The summed E-state index contributed by atoms with van der Waals surface area (Å²) in [6, 6.07) is 24.4. The van der Waals surface area contributed by atoms with Crippen molar-refractivity contribution in [2.45, 2.75) is 57.5 Å². The van der Waals surface area contributed by atoms with E-state index in [2.05, 4.69) is 40.5 Å². The Morgan fingerprint density at radius 2 is 1.58 bits per heavy atom. The predicted octanol–water partition coefficient (Wildman–Crippen LogP) is 6.80. The van der Waals surface area contributed by atoms with Crippen LogP contribution in [-0.4, -0.2) is 23.5 Å². The molecule has 0 radical (unpaired) electrons. The lowest BCUT2D eigenvalue weighted by molar-refractivity contribution is -0.136. The van der Waals surface area contributed by atoms with Crippen LogP contribution in [0.2, 0.25) is 5.02 Å². The topological polar surface area (TPSA) is 69.6 Å². The van der Waals surface area contributed by atoms with Gasteiger partial charge in [-0.25, -0.2) is 0 Å². The van der Waals surface area contributed by atoms with Crippen LogP contribution < -0.4 is 10.2 Å². The standard InChI is InChI=1S/C30H33ClN2O3/c31-27-8-4-5-23(19-27)21-33(28-15-13-25(14-16-28)24-6-2-1-3-7-24)20-22-9-11-26(12-10-22)30(36)32-18-17-29(34)35/h4-5,8-16,19,24H,1-3,6-7,17-18,20-21H2,(H,32,36)(H,34,35). The van der Waals surface area contributed by atoms with Crippen molar-refractivity contribution in [3.63, 3.8) is 0 Å². The summed E-state index contributed by atoms with van der Waals surface area (Å²) in [5.41, 5.74) is 5.30. The van der Waals surface area contributed by atoms with Crippen molar-refractivity contribution in [1.82, 2.24) is 5.32 Å². The molecule has 4 rings (SSSR count). The molecule has 3 aromatic rings. The number of hydrogen-bond acceptors (Lipinski definition) is 3. The molecule has 0 bridgehead atoms. The molecule has 0 saturated heterocycles. The molecule has 188 valence electrons. The predicted molar refractivity (Wildman–Crippen MR) is 145 cm³/mol. The molecule has 1 aliphatic carbocycles. The number of amides is 1. The number of carboxylic acid groups (broad SMARTS) is 1. The molecular weight excluding hydrogens is 472 g/mol. The van der Waals surface area contributed by atoms with E-state index in [9.17, 15) is 9.59 Å². The van der Waals surface area contributed by atoms with Gasteiger partial charge in [0.1, 0.15) is 0 Å². The fourth-order valence-electron chi connectivity index (χ4n) is 4.85. The second-order valence-corrected chi connectivity index (χ2v) is 9.95. The molecular formula is C30H33ClN2O3. The lowest BCUT2D eigenvalue weighted by atomic mass is 9.84. The van der Waals surface area contributed by atoms with E-state index in [4.69, 9.17) is 16.7 Å². The zero-order valence-corrected chi connectivity index (χ0v) is 21.2. The first-order valence-electron chi connectivity index (χ1n) is 12.7. The molecule has 36 heavy (non-hydrogen) atoms. The van der Waals surface area contributed by atoms with Crippen molar-refractivity contribution in [2.24, 2.45) is 0 Å². The number of anilines is 1. The Bertz CT molecular complexity index is 1160. The quantitative estimate of drug-likeness (QED) is 0.318. The van der Waals surface area contributed by atoms with E-state index < -0.39 is 5.97 Å². The van der Waals surface area contributed by atoms with Gasteiger partial charge in [-0.05, 0) is 71.8 Å². The number of rotatable bonds is 10. The van der Waals surface area contributed by atoms with Crippen molar-refractivity contribution < 1.29 is 14.7 Å². The van der Waals surface area contributed by atoms with Crippen LogP contribution in [0.1, 0.15) is 71.5 Å². The molecule has 0 unspecified atom stereocenters. The molecule has 0 heterocycles. The van der Waals surface area contributed by atoms with Crippen LogP contribution in [0.25, 0.3) is 0 Å². The second kappa shape index (κ2) is 12.6. The number of halogens is 1. The van der Waals surface area contributed by atoms with Gasteiger partial charge in [0.25, 0.3) is 5.91 Å². The fourth-order valence-corrected chi connectivity index (χ4v) is 5.07. The lowest BCUT2D eigenvalue weighted by Crippen LogP contribution is -2.26. The Hall–Kier alpha value is -3.31. The Labute approximate surface area is 218 Å².